The smallest absolute Gasteiger partial charge is 0.254 e. The summed E-state index contributed by atoms with van der Waals surface area (Å²) in [6.45, 7) is 7.76. The zero-order valence-corrected chi connectivity index (χ0v) is 15.5. The molecule has 1 aliphatic heterocycles. The van der Waals surface area contributed by atoms with Crippen molar-refractivity contribution < 1.29 is 14.0 Å². The van der Waals surface area contributed by atoms with Crippen LogP contribution in [0.3, 0.4) is 0 Å². The average molecular weight is 366 g/mol. The molecule has 0 saturated heterocycles. The molecule has 0 saturated carbocycles. The van der Waals surface area contributed by atoms with E-state index in [9.17, 15) is 14.0 Å². The summed E-state index contributed by atoms with van der Waals surface area (Å²) in [5.74, 6) is -0.528. The predicted octanol–water partition coefficient (Wildman–Crippen LogP) is 3.78. The van der Waals surface area contributed by atoms with Crippen molar-refractivity contribution in [2.24, 2.45) is 0 Å². The molecule has 0 bridgehead atoms. The van der Waals surface area contributed by atoms with Gasteiger partial charge in [0.05, 0.1) is 6.04 Å². The van der Waals surface area contributed by atoms with Crippen LogP contribution in [0.4, 0.5) is 4.39 Å². The fourth-order valence-electron chi connectivity index (χ4n) is 3.66. The molecule has 4 nitrogen and oxygen atoms in total. The topological polar surface area (TPSA) is 49.4 Å². The van der Waals surface area contributed by atoms with E-state index in [1.165, 1.54) is 12.1 Å². The molecular formula is C22H23FN2O2. The minimum Gasteiger partial charge on any atom is -0.348 e. The van der Waals surface area contributed by atoms with Gasteiger partial charge in [-0.05, 0) is 67.3 Å². The number of hydrogen-bond acceptors (Lipinski definition) is 2. The quantitative estimate of drug-likeness (QED) is 0.838. The number of rotatable bonds is 4. The third kappa shape index (κ3) is 3.92. The van der Waals surface area contributed by atoms with Crippen LogP contribution >= 0.6 is 0 Å². The molecule has 2 aromatic carbocycles. The lowest BCUT2D eigenvalue weighted by atomic mass is 9.88. The number of benzene rings is 2. The lowest BCUT2D eigenvalue weighted by Gasteiger charge is -2.40. The van der Waals surface area contributed by atoms with Gasteiger partial charge in [0.25, 0.3) is 5.91 Å². The van der Waals surface area contributed by atoms with Crippen molar-refractivity contribution in [3.63, 3.8) is 0 Å². The molecule has 2 unspecified atom stereocenters. The first-order chi connectivity index (χ1) is 12.9. The highest BCUT2D eigenvalue weighted by Crippen LogP contribution is 2.34. The summed E-state index contributed by atoms with van der Waals surface area (Å²) in [5, 5.41) is 2.71. The molecule has 1 N–H and O–H groups in total. The van der Waals surface area contributed by atoms with E-state index >= 15 is 0 Å². The molecule has 0 aromatic heterocycles. The van der Waals surface area contributed by atoms with Crippen LogP contribution in [0.2, 0.25) is 0 Å². The first kappa shape index (κ1) is 18.8. The molecule has 2 amide bonds. The van der Waals surface area contributed by atoms with Gasteiger partial charge in [-0.15, -0.1) is 0 Å². The summed E-state index contributed by atoms with van der Waals surface area (Å²) in [7, 11) is 0. The van der Waals surface area contributed by atoms with Crippen molar-refractivity contribution in [1.29, 1.82) is 0 Å². The predicted molar refractivity (Wildman–Crippen MR) is 103 cm³/mol. The Bertz CT molecular complexity index is 876. The van der Waals surface area contributed by atoms with Gasteiger partial charge in [0.15, 0.2) is 0 Å². The summed E-state index contributed by atoms with van der Waals surface area (Å²) in [5.41, 5.74) is 3.46. The van der Waals surface area contributed by atoms with Gasteiger partial charge >= 0.3 is 0 Å². The Morgan fingerprint density at radius 1 is 1.22 bits per heavy atom. The van der Waals surface area contributed by atoms with Crippen molar-refractivity contribution >= 4 is 11.8 Å². The van der Waals surface area contributed by atoms with Gasteiger partial charge in [-0.3, -0.25) is 9.59 Å². The summed E-state index contributed by atoms with van der Waals surface area (Å²) in [6.07, 6.45) is 1.86. The van der Waals surface area contributed by atoms with E-state index in [2.05, 4.69) is 11.9 Å². The second-order valence-electron chi connectivity index (χ2n) is 6.90. The highest BCUT2D eigenvalue weighted by molar-refractivity contribution is 5.95. The monoisotopic (exact) mass is 366 g/mol. The summed E-state index contributed by atoms with van der Waals surface area (Å²) in [4.78, 5) is 26.2. The zero-order valence-electron chi connectivity index (χ0n) is 15.5. The minimum absolute atomic E-state index is 0.0200. The molecule has 0 aliphatic carbocycles. The summed E-state index contributed by atoms with van der Waals surface area (Å²) < 4.78 is 13.5. The van der Waals surface area contributed by atoms with Crippen molar-refractivity contribution in [3.05, 3.63) is 83.2 Å². The first-order valence-electron chi connectivity index (χ1n) is 9.01. The number of fused-ring (bicyclic) bond motifs is 1. The number of carbonyl (C=O) groups excluding carboxylic acids is 2. The number of halogens is 1. The van der Waals surface area contributed by atoms with Crippen LogP contribution in [0, 0.1) is 5.82 Å². The molecule has 2 atom stereocenters. The maximum absolute atomic E-state index is 13.5. The van der Waals surface area contributed by atoms with Crippen molar-refractivity contribution in [1.82, 2.24) is 10.2 Å². The molecule has 3 rings (SSSR count). The molecule has 0 fully saturated rings. The van der Waals surface area contributed by atoms with Crippen LogP contribution in [-0.2, 0) is 17.8 Å². The van der Waals surface area contributed by atoms with Gasteiger partial charge in [-0.1, -0.05) is 24.8 Å². The molecular weight excluding hydrogens is 343 g/mol. The molecule has 1 aliphatic rings. The minimum atomic E-state index is -0.243. The second-order valence-corrected chi connectivity index (χ2v) is 6.90. The van der Waals surface area contributed by atoms with Gasteiger partial charge in [0.1, 0.15) is 5.82 Å². The van der Waals surface area contributed by atoms with Crippen LogP contribution in [-0.4, -0.2) is 22.8 Å². The Hall–Kier alpha value is -2.95. The van der Waals surface area contributed by atoms with Gasteiger partial charge in [0.2, 0.25) is 5.91 Å². The average Bonchev–Trinajstić information content (AvgIpc) is 2.66. The molecule has 27 heavy (non-hydrogen) atoms. The SMILES string of the molecule is C=CC(=O)NCc1ccc(C(=O)N2C(C)Cc3cc(F)ccc3C2C)cc1. The van der Waals surface area contributed by atoms with Crippen LogP contribution < -0.4 is 5.32 Å². The van der Waals surface area contributed by atoms with E-state index in [0.717, 1.165) is 16.7 Å². The first-order valence-corrected chi connectivity index (χ1v) is 9.01. The summed E-state index contributed by atoms with van der Waals surface area (Å²) >= 11 is 0. The van der Waals surface area contributed by atoms with Crippen molar-refractivity contribution in [2.45, 2.75) is 38.9 Å². The van der Waals surface area contributed by atoms with Gasteiger partial charge in [-0.2, -0.15) is 0 Å². The van der Waals surface area contributed by atoms with Gasteiger partial charge in [0, 0.05) is 18.2 Å². The molecule has 0 radical (unpaired) electrons. The standard InChI is InChI=1S/C22H23FN2O2/c1-4-21(26)24-13-16-5-7-17(8-6-16)22(27)25-14(2)11-18-12-19(23)9-10-20(18)15(25)3/h4-10,12,14-15H,1,11,13H2,2-3H3,(H,24,26). The van der Waals surface area contributed by atoms with Crippen molar-refractivity contribution in [3.8, 4) is 0 Å². The highest BCUT2D eigenvalue weighted by Gasteiger charge is 2.33. The summed E-state index contributed by atoms with van der Waals surface area (Å²) in [6, 6.07) is 11.9. The van der Waals surface area contributed by atoms with Crippen LogP contribution in [0.1, 0.15) is 46.9 Å². The Labute approximate surface area is 158 Å². The zero-order chi connectivity index (χ0) is 19.6. The lowest BCUT2D eigenvalue weighted by molar-refractivity contribution is -0.116. The highest BCUT2D eigenvalue weighted by atomic mass is 19.1. The number of carbonyl (C=O) groups is 2. The van der Waals surface area contributed by atoms with Crippen molar-refractivity contribution in [2.75, 3.05) is 0 Å². The molecule has 2 aromatic rings. The van der Waals surface area contributed by atoms with Gasteiger partial charge < -0.3 is 10.2 Å². The lowest BCUT2D eigenvalue weighted by Crippen LogP contribution is -2.45. The fraction of sp³-hybridized carbons (Fsp3) is 0.273. The Balaban J connectivity index is 1.78. The van der Waals surface area contributed by atoms with Crippen LogP contribution in [0.15, 0.2) is 55.1 Å². The Morgan fingerprint density at radius 2 is 1.93 bits per heavy atom. The normalized spacial score (nSPS) is 18.6. The number of nitrogens with zero attached hydrogens (tertiary/aromatic N) is 1. The molecule has 1 heterocycles. The number of amides is 2. The Morgan fingerprint density at radius 3 is 2.59 bits per heavy atom. The second kappa shape index (κ2) is 7.74. The van der Waals surface area contributed by atoms with E-state index < -0.39 is 0 Å². The van der Waals surface area contributed by atoms with Crippen LogP contribution in [0.25, 0.3) is 0 Å². The Kier molecular flexibility index (Phi) is 5.40. The van der Waals surface area contributed by atoms with Crippen LogP contribution in [0.5, 0.6) is 0 Å². The van der Waals surface area contributed by atoms with E-state index in [4.69, 9.17) is 0 Å². The van der Waals surface area contributed by atoms with E-state index in [-0.39, 0.29) is 29.7 Å². The molecule has 140 valence electrons. The third-order valence-corrected chi connectivity index (χ3v) is 5.05. The maximum Gasteiger partial charge on any atom is 0.254 e. The third-order valence-electron chi connectivity index (χ3n) is 5.05. The van der Waals surface area contributed by atoms with E-state index in [0.29, 0.717) is 18.5 Å². The molecule has 5 heteroatoms. The van der Waals surface area contributed by atoms with Gasteiger partial charge in [-0.25, -0.2) is 4.39 Å². The largest absolute Gasteiger partial charge is 0.348 e. The number of nitrogens with one attached hydrogen (secondary N) is 1. The van der Waals surface area contributed by atoms with E-state index in [1.54, 1.807) is 24.3 Å². The molecule has 0 spiro atoms. The van der Waals surface area contributed by atoms with E-state index in [1.807, 2.05) is 30.9 Å². The number of hydrogen-bond donors (Lipinski definition) is 1. The fourth-order valence-corrected chi connectivity index (χ4v) is 3.66. The maximum atomic E-state index is 13.5.